The fourth-order valence-electron chi connectivity index (χ4n) is 2.89. The Labute approximate surface area is 129 Å². The molecule has 3 nitrogen and oxygen atoms in total. The van der Waals surface area contributed by atoms with E-state index in [9.17, 15) is 4.79 Å². The maximum absolute atomic E-state index is 11.7. The number of hydrogen-bond donors (Lipinski definition) is 0. The largest absolute Gasteiger partial charge is 0.469 e. The van der Waals surface area contributed by atoms with E-state index in [2.05, 4.69) is 33.8 Å². The van der Waals surface area contributed by atoms with Crippen molar-refractivity contribution in [3.63, 3.8) is 0 Å². The Kier molecular flexibility index (Phi) is 6.50. The predicted molar refractivity (Wildman–Crippen MR) is 85.5 cm³/mol. The summed E-state index contributed by atoms with van der Waals surface area (Å²) < 4.78 is 11.1. The average molecular weight is 294 g/mol. The van der Waals surface area contributed by atoms with Crippen molar-refractivity contribution in [1.82, 2.24) is 0 Å². The van der Waals surface area contributed by atoms with E-state index in [1.54, 1.807) is 0 Å². The summed E-state index contributed by atoms with van der Waals surface area (Å²) in [5.74, 6) is 2.27. The molecule has 2 atom stereocenters. The van der Waals surface area contributed by atoms with E-state index in [-0.39, 0.29) is 17.3 Å². The number of carbonyl (C=O) groups is 1. The van der Waals surface area contributed by atoms with E-state index < -0.39 is 0 Å². The summed E-state index contributed by atoms with van der Waals surface area (Å²) in [6, 6.07) is 0. The number of rotatable bonds is 5. The lowest BCUT2D eigenvalue weighted by atomic mass is 9.93. The van der Waals surface area contributed by atoms with Gasteiger partial charge in [-0.2, -0.15) is 0 Å². The fourth-order valence-corrected chi connectivity index (χ4v) is 2.89. The average Bonchev–Trinajstić information content (AvgIpc) is 2.90. The van der Waals surface area contributed by atoms with Crippen molar-refractivity contribution in [3.05, 3.63) is 23.7 Å². The molecule has 0 radical (unpaired) electrons. The van der Waals surface area contributed by atoms with Crippen LogP contribution in [0.4, 0.5) is 0 Å². The first kappa shape index (κ1) is 17.8. The number of carbonyl (C=O) groups excluding carboxylic acids is 1. The van der Waals surface area contributed by atoms with Crippen LogP contribution in [0.25, 0.3) is 0 Å². The maximum atomic E-state index is 11.7. The highest BCUT2D eigenvalue weighted by Crippen LogP contribution is 2.39. The van der Waals surface area contributed by atoms with Crippen molar-refractivity contribution in [1.29, 1.82) is 0 Å². The molecule has 0 heterocycles. The van der Waals surface area contributed by atoms with Crippen LogP contribution in [0.2, 0.25) is 0 Å². The first-order chi connectivity index (χ1) is 9.83. The fraction of sp³-hybridized carbons (Fsp3) is 0.722. The van der Waals surface area contributed by atoms with Crippen molar-refractivity contribution < 1.29 is 14.3 Å². The van der Waals surface area contributed by atoms with Gasteiger partial charge in [-0.25, -0.2) is 0 Å². The van der Waals surface area contributed by atoms with Crippen LogP contribution in [0.1, 0.15) is 60.3 Å². The molecular formula is C18H30O3. The topological polar surface area (TPSA) is 35.5 Å². The van der Waals surface area contributed by atoms with Gasteiger partial charge in [0.15, 0.2) is 0 Å². The molecule has 21 heavy (non-hydrogen) atoms. The van der Waals surface area contributed by atoms with Crippen LogP contribution in [0.5, 0.6) is 0 Å². The number of methoxy groups -OCH3 is 1. The third kappa shape index (κ3) is 4.90. The SMILES string of the molecule is C/C=C(\O/C(=C/CC)C1CCC(C(=O)OC)C1)C(C)(C)C. The Morgan fingerprint density at radius 1 is 1.24 bits per heavy atom. The lowest BCUT2D eigenvalue weighted by Crippen LogP contribution is -2.16. The van der Waals surface area contributed by atoms with Gasteiger partial charge in [-0.3, -0.25) is 4.79 Å². The van der Waals surface area contributed by atoms with Crippen molar-refractivity contribution in [2.24, 2.45) is 17.3 Å². The Balaban J connectivity index is 2.81. The number of allylic oxidation sites excluding steroid dienone is 4. The molecule has 120 valence electrons. The predicted octanol–water partition coefficient (Wildman–Crippen LogP) is 4.84. The monoisotopic (exact) mass is 294 g/mol. The third-order valence-electron chi connectivity index (χ3n) is 4.00. The Bertz CT molecular complexity index is 413. The van der Waals surface area contributed by atoms with Crippen LogP contribution >= 0.6 is 0 Å². The van der Waals surface area contributed by atoms with Crippen molar-refractivity contribution in [2.45, 2.75) is 60.3 Å². The molecule has 0 aromatic heterocycles. The summed E-state index contributed by atoms with van der Waals surface area (Å²) in [5.41, 5.74) is -0.0120. The molecule has 0 bridgehead atoms. The zero-order chi connectivity index (χ0) is 16.0. The number of esters is 1. The van der Waals surface area contributed by atoms with E-state index in [1.165, 1.54) is 7.11 Å². The Hall–Kier alpha value is -1.25. The van der Waals surface area contributed by atoms with Gasteiger partial charge in [0, 0.05) is 11.3 Å². The molecule has 0 amide bonds. The van der Waals surface area contributed by atoms with Gasteiger partial charge < -0.3 is 9.47 Å². The van der Waals surface area contributed by atoms with Crippen molar-refractivity contribution in [2.75, 3.05) is 7.11 Å². The highest BCUT2D eigenvalue weighted by Gasteiger charge is 2.34. The molecule has 0 aliphatic heterocycles. The summed E-state index contributed by atoms with van der Waals surface area (Å²) in [6.45, 7) is 10.6. The van der Waals surface area contributed by atoms with Gasteiger partial charge in [-0.15, -0.1) is 0 Å². The van der Waals surface area contributed by atoms with E-state index in [0.717, 1.165) is 37.2 Å². The highest BCUT2D eigenvalue weighted by atomic mass is 16.5. The molecule has 0 aromatic rings. The van der Waals surface area contributed by atoms with Crippen LogP contribution in [-0.2, 0) is 14.3 Å². The molecule has 1 aliphatic rings. The summed E-state index contributed by atoms with van der Waals surface area (Å²) in [5, 5.41) is 0. The van der Waals surface area contributed by atoms with Crippen LogP contribution in [0.15, 0.2) is 23.7 Å². The molecule has 0 aromatic carbocycles. The first-order valence-corrected chi connectivity index (χ1v) is 7.96. The summed E-state index contributed by atoms with van der Waals surface area (Å²) in [4.78, 5) is 11.7. The Morgan fingerprint density at radius 3 is 2.33 bits per heavy atom. The van der Waals surface area contributed by atoms with Crippen LogP contribution in [0.3, 0.4) is 0 Å². The molecule has 1 fully saturated rings. The minimum absolute atomic E-state index is 0.0120. The minimum Gasteiger partial charge on any atom is -0.469 e. The summed E-state index contributed by atoms with van der Waals surface area (Å²) in [7, 11) is 1.46. The van der Waals surface area contributed by atoms with Gasteiger partial charge in [-0.1, -0.05) is 27.7 Å². The second-order valence-corrected chi connectivity index (χ2v) is 6.75. The molecule has 1 saturated carbocycles. The highest BCUT2D eigenvalue weighted by molar-refractivity contribution is 5.72. The van der Waals surface area contributed by atoms with Crippen molar-refractivity contribution >= 4 is 5.97 Å². The van der Waals surface area contributed by atoms with Gasteiger partial charge in [0.2, 0.25) is 0 Å². The van der Waals surface area contributed by atoms with Gasteiger partial charge in [0.05, 0.1) is 13.0 Å². The first-order valence-electron chi connectivity index (χ1n) is 7.96. The summed E-state index contributed by atoms with van der Waals surface area (Å²) in [6.07, 6.45) is 7.85. The second kappa shape index (κ2) is 7.67. The van der Waals surface area contributed by atoms with E-state index in [4.69, 9.17) is 9.47 Å². The molecule has 1 aliphatic carbocycles. The van der Waals surface area contributed by atoms with E-state index in [1.807, 2.05) is 13.0 Å². The van der Waals surface area contributed by atoms with Crippen LogP contribution in [-0.4, -0.2) is 13.1 Å². The molecule has 0 spiro atoms. The van der Waals surface area contributed by atoms with Gasteiger partial charge in [-0.05, 0) is 44.8 Å². The zero-order valence-corrected chi connectivity index (χ0v) is 14.4. The Morgan fingerprint density at radius 2 is 1.86 bits per heavy atom. The van der Waals surface area contributed by atoms with E-state index in [0.29, 0.717) is 5.92 Å². The normalized spacial score (nSPS) is 24.1. The molecule has 2 unspecified atom stereocenters. The lowest BCUT2D eigenvalue weighted by molar-refractivity contribution is -0.145. The van der Waals surface area contributed by atoms with Crippen molar-refractivity contribution in [3.8, 4) is 0 Å². The lowest BCUT2D eigenvalue weighted by Gasteiger charge is -2.26. The van der Waals surface area contributed by atoms with Gasteiger partial charge in [0.25, 0.3) is 0 Å². The second-order valence-electron chi connectivity index (χ2n) is 6.75. The maximum Gasteiger partial charge on any atom is 0.308 e. The smallest absolute Gasteiger partial charge is 0.308 e. The zero-order valence-electron chi connectivity index (χ0n) is 14.4. The molecule has 3 heteroatoms. The molecular weight excluding hydrogens is 264 g/mol. The number of ether oxygens (including phenoxy) is 2. The van der Waals surface area contributed by atoms with Crippen LogP contribution in [0, 0.1) is 17.3 Å². The minimum atomic E-state index is -0.0876. The summed E-state index contributed by atoms with van der Waals surface area (Å²) >= 11 is 0. The van der Waals surface area contributed by atoms with Gasteiger partial charge in [0.1, 0.15) is 11.5 Å². The van der Waals surface area contributed by atoms with E-state index >= 15 is 0 Å². The van der Waals surface area contributed by atoms with Crippen LogP contribution < -0.4 is 0 Å². The molecule has 1 rings (SSSR count). The molecule has 0 N–H and O–H groups in total. The molecule has 0 saturated heterocycles. The standard InChI is InChI=1S/C18H30O3/c1-7-9-15(21-16(8-2)18(3,4)5)13-10-11-14(12-13)17(19)20-6/h8-9,13-14H,7,10-12H2,1-6H3/b15-9+,16-8-. The third-order valence-corrected chi connectivity index (χ3v) is 4.00. The quantitative estimate of drug-likeness (QED) is 0.538. The van der Waals surface area contributed by atoms with Gasteiger partial charge >= 0.3 is 5.97 Å². The number of hydrogen-bond acceptors (Lipinski definition) is 3.